The molecule has 0 amide bonds. The van der Waals surface area contributed by atoms with Gasteiger partial charge < -0.3 is 15.5 Å². The molecule has 19 heavy (non-hydrogen) atoms. The summed E-state index contributed by atoms with van der Waals surface area (Å²) in [6.07, 6.45) is 2.14. The molecule has 0 aliphatic heterocycles. The Hall–Kier alpha value is 0.310. The van der Waals surface area contributed by atoms with Gasteiger partial charge in [-0.05, 0) is 33.2 Å². The van der Waals surface area contributed by atoms with E-state index in [9.17, 15) is 0 Å². The summed E-state index contributed by atoms with van der Waals surface area (Å²) >= 11 is 1.86. The maximum Gasteiger partial charge on any atom is 0.191 e. The molecular formula is C13H31IN4S. The summed E-state index contributed by atoms with van der Waals surface area (Å²) in [4.78, 5) is 6.64. The minimum atomic E-state index is 0. The highest BCUT2D eigenvalue weighted by Gasteiger charge is 2.15. The van der Waals surface area contributed by atoms with Gasteiger partial charge in [-0.3, -0.25) is 4.99 Å². The predicted molar refractivity (Wildman–Crippen MR) is 100 cm³/mol. The van der Waals surface area contributed by atoms with Crippen LogP contribution in [0.1, 0.15) is 27.7 Å². The largest absolute Gasteiger partial charge is 0.355 e. The molecule has 0 aliphatic carbocycles. The molecule has 0 saturated heterocycles. The summed E-state index contributed by atoms with van der Waals surface area (Å²) in [6, 6.07) is 0. The molecule has 6 heteroatoms. The smallest absolute Gasteiger partial charge is 0.191 e. The van der Waals surface area contributed by atoms with E-state index in [1.807, 2.05) is 18.8 Å². The number of rotatable bonds is 8. The molecular weight excluding hydrogens is 371 g/mol. The Morgan fingerprint density at radius 1 is 1.21 bits per heavy atom. The van der Waals surface area contributed by atoms with Gasteiger partial charge in [0.05, 0.1) is 0 Å². The van der Waals surface area contributed by atoms with Crippen molar-refractivity contribution in [3.63, 3.8) is 0 Å². The Bertz CT molecular complexity index is 243. The third-order valence-corrected chi connectivity index (χ3v) is 4.32. The van der Waals surface area contributed by atoms with Gasteiger partial charge in [0.25, 0.3) is 0 Å². The van der Waals surface area contributed by atoms with Crippen molar-refractivity contribution in [2.75, 3.05) is 46.0 Å². The summed E-state index contributed by atoms with van der Waals surface area (Å²) in [5.41, 5.74) is 0. The fourth-order valence-electron chi connectivity index (χ4n) is 1.46. The first-order valence-corrected chi connectivity index (χ1v) is 7.93. The molecule has 4 nitrogen and oxygen atoms in total. The summed E-state index contributed by atoms with van der Waals surface area (Å²) in [5, 5.41) is 6.72. The van der Waals surface area contributed by atoms with Crippen LogP contribution in [0.15, 0.2) is 4.99 Å². The zero-order chi connectivity index (χ0) is 14.0. The van der Waals surface area contributed by atoms with E-state index in [-0.39, 0.29) is 28.7 Å². The topological polar surface area (TPSA) is 39.7 Å². The number of hydrogen-bond donors (Lipinski definition) is 2. The van der Waals surface area contributed by atoms with Crippen LogP contribution in [0.5, 0.6) is 0 Å². The van der Waals surface area contributed by atoms with Crippen LogP contribution in [0, 0.1) is 0 Å². The van der Waals surface area contributed by atoms with Gasteiger partial charge in [-0.2, -0.15) is 11.8 Å². The molecule has 0 radical (unpaired) electrons. The number of nitrogens with one attached hydrogen (secondary N) is 2. The monoisotopic (exact) mass is 402 g/mol. The van der Waals surface area contributed by atoms with E-state index in [4.69, 9.17) is 0 Å². The van der Waals surface area contributed by atoms with Crippen LogP contribution in [0.4, 0.5) is 0 Å². The summed E-state index contributed by atoms with van der Waals surface area (Å²) in [6.45, 7) is 13.9. The summed E-state index contributed by atoms with van der Waals surface area (Å²) in [5.74, 6) is 0.893. The molecule has 0 aromatic heterocycles. The molecule has 0 fully saturated rings. The van der Waals surface area contributed by atoms with Gasteiger partial charge in [0.15, 0.2) is 5.96 Å². The van der Waals surface area contributed by atoms with Crippen molar-refractivity contribution < 1.29 is 0 Å². The Morgan fingerprint density at radius 2 is 1.79 bits per heavy atom. The first kappa shape index (κ1) is 21.6. The Labute approximate surface area is 140 Å². The van der Waals surface area contributed by atoms with Crippen molar-refractivity contribution in [3.8, 4) is 0 Å². The van der Waals surface area contributed by atoms with Crippen molar-refractivity contribution in [1.29, 1.82) is 0 Å². The number of guanidine groups is 1. The molecule has 0 saturated carbocycles. The molecule has 0 unspecified atom stereocenters. The van der Waals surface area contributed by atoms with E-state index in [0.29, 0.717) is 0 Å². The normalized spacial score (nSPS) is 12.3. The summed E-state index contributed by atoms with van der Waals surface area (Å²) < 4.78 is 0.233. The fourth-order valence-corrected chi connectivity index (χ4v) is 1.68. The molecule has 0 aromatic rings. The summed E-state index contributed by atoms with van der Waals surface area (Å²) in [7, 11) is 1.82. The standard InChI is InChI=1S/C13H30N4S.HI/c1-7-17(8-2)10-9-15-12(14-5)16-11-13(3,4)18-6;/h7-11H2,1-6H3,(H2,14,15,16);1H. The zero-order valence-electron chi connectivity index (χ0n) is 13.2. The third-order valence-electron chi connectivity index (χ3n) is 3.07. The minimum Gasteiger partial charge on any atom is -0.355 e. The molecule has 0 spiro atoms. The average molecular weight is 402 g/mol. The second-order valence-corrected chi connectivity index (χ2v) is 6.36. The maximum atomic E-state index is 4.24. The van der Waals surface area contributed by atoms with Gasteiger partial charge in [-0.1, -0.05) is 13.8 Å². The number of hydrogen-bond acceptors (Lipinski definition) is 3. The highest BCUT2D eigenvalue weighted by Crippen LogP contribution is 2.19. The molecule has 0 aliphatic rings. The highest BCUT2D eigenvalue weighted by molar-refractivity contribution is 14.0. The second kappa shape index (κ2) is 12.1. The van der Waals surface area contributed by atoms with E-state index in [1.165, 1.54) is 0 Å². The Morgan fingerprint density at radius 3 is 2.21 bits per heavy atom. The molecule has 116 valence electrons. The lowest BCUT2D eigenvalue weighted by Gasteiger charge is -2.24. The van der Waals surface area contributed by atoms with Gasteiger partial charge >= 0.3 is 0 Å². The second-order valence-electron chi connectivity index (χ2n) is 4.84. The van der Waals surface area contributed by atoms with E-state index in [2.05, 4.69) is 54.5 Å². The van der Waals surface area contributed by atoms with Gasteiger partial charge in [0.2, 0.25) is 0 Å². The Balaban J connectivity index is 0. The number of thioether (sulfide) groups is 1. The van der Waals surface area contributed by atoms with Gasteiger partial charge in [0, 0.05) is 31.4 Å². The van der Waals surface area contributed by atoms with Crippen molar-refractivity contribution in [3.05, 3.63) is 0 Å². The molecule has 0 rings (SSSR count). The van der Waals surface area contributed by atoms with Crippen LogP contribution in [-0.4, -0.2) is 61.6 Å². The van der Waals surface area contributed by atoms with Gasteiger partial charge in [-0.25, -0.2) is 0 Å². The molecule has 0 atom stereocenters. The molecule has 0 heterocycles. The van der Waals surface area contributed by atoms with Crippen LogP contribution < -0.4 is 10.6 Å². The van der Waals surface area contributed by atoms with Crippen LogP contribution >= 0.6 is 35.7 Å². The van der Waals surface area contributed by atoms with E-state index in [1.54, 1.807) is 0 Å². The number of aliphatic imine (C=N–C) groups is 1. The maximum absolute atomic E-state index is 4.24. The Kier molecular flexibility index (Phi) is 13.7. The van der Waals surface area contributed by atoms with E-state index in [0.717, 1.165) is 38.7 Å². The number of likely N-dealkylation sites (N-methyl/N-ethyl adjacent to an activating group) is 1. The van der Waals surface area contributed by atoms with Crippen LogP contribution in [0.2, 0.25) is 0 Å². The van der Waals surface area contributed by atoms with Crippen LogP contribution in [0.3, 0.4) is 0 Å². The quantitative estimate of drug-likeness (QED) is 0.371. The van der Waals surface area contributed by atoms with Gasteiger partial charge in [0.1, 0.15) is 0 Å². The third kappa shape index (κ3) is 10.7. The lowest BCUT2D eigenvalue weighted by Crippen LogP contribution is -2.45. The predicted octanol–water partition coefficient (Wildman–Crippen LogP) is 2.25. The van der Waals surface area contributed by atoms with E-state index < -0.39 is 0 Å². The van der Waals surface area contributed by atoms with Crippen molar-refractivity contribution in [2.45, 2.75) is 32.4 Å². The molecule has 0 bridgehead atoms. The first-order valence-electron chi connectivity index (χ1n) is 6.71. The van der Waals surface area contributed by atoms with Gasteiger partial charge in [-0.15, -0.1) is 24.0 Å². The lowest BCUT2D eigenvalue weighted by atomic mass is 10.2. The molecule has 2 N–H and O–H groups in total. The number of halogens is 1. The van der Waals surface area contributed by atoms with Crippen molar-refractivity contribution in [2.24, 2.45) is 4.99 Å². The molecule has 0 aromatic carbocycles. The average Bonchev–Trinajstić information content (AvgIpc) is 2.38. The van der Waals surface area contributed by atoms with Crippen molar-refractivity contribution in [1.82, 2.24) is 15.5 Å². The minimum absolute atomic E-state index is 0. The zero-order valence-corrected chi connectivity index (χ0v) is 16.4. The fraction of sp³-hybridized carbons (Fsp3) is 0.923. The van der Waals surface area contributed by atoms with Crippen molar-refractivity contribution >= 4 is 41.7 Å². The van der Waals surface area contributed by atoms with Crippen LogP contribution in [-0.2, 0) is 0 Å². The number of nitrogens with zero attached hydrogens (tertiary/aromatic N) is 2. The lowest BCUT2D eigenvalue weighted by molar-refractivity contribution is 0.308. The highest BCUT2D eigenvalue weighted by atomic mass is 127. The van der Waals surface area contributed by atoms with Crippen LogP contribution in [0.25, 0.3) is 0 Å². The SMILES string of the molecule is CCN(CC)CCNC(=NC)NCC(C)(C)SC.I. The first-order chi connectivity index (χ1) is 8.49. The van der Waals surface area contributed by atoms with E-state index >= 15 is 0 Å².